The molecule has 3 aromatic rings. The van der Waals surface area contributed by atoms with Gasteiger partial charge in [0.25, 0.3) is 0 Å². The van der Waals surface area contributed by atoms with Gasteiger partial charge >= 0.3 is 0 Å². The van der Waals surface area contributed by atoms with Crippen molar-refractivity contribution in [1.29, 1.82) is 0 Å². The molecule has 0 bridgehead atoms. The van der Waals surface area contributed by atoms with Crippen LogP contribution in [0.15, 0.2) is 63.2 Å². The van der Waals surface area contributed by atoms with Crippen molar-refractivity contribution in [2.75, 3.05) is 0 Å². The van der Waals surface area contributed by atoms with Crippen LogP contribution in [0.1, 0.15) is 5.56 Å². The molecule has 6 heteroatoms. The summed E-state index contributed by atoms with van der Waals surface area (Å²) in [6, 6.07) is 16.4. The summed E-state index contributed by atoms with van der Waals surface area (Å²) in [7, 11) is 0. The molecule has 3 rings (SSSR count). The van der Waals surface area contributed by atoms with Crippen molar-refractivity contribution >= 4 is 39.0 Å². The number of benzene rings is 2. The number of aromatic amines is 1. The second-order valence-corrected chi connectivity index (χ2v) is 5.97. The largest absolute Gasteiger partial charge is 0.369 e. The molecule has 23 heavy (non-hydrogen) atoms. The van der Waals surface area contributed by atoms with Gasteiger partial charge in [-0.25, -0.2) is 0 Å². The fourth-order valence-electron chi connectivity index (χ4n) is 2.51. The van der Waals surface area contributed by atoms with Gasteiger partial charge in [-0.05, 0) is 29.3 Å². The number of rotatable bonds is 4. The van der Waals surface area contributed by atoms with Crippen molar-refractivity contribution in [3.63, 3.8) is 0 Å². The highest BCUT2D eigenvalue weighted by molar-refractivity contribution is 9.10. The van der Waals surface area contributed by atoms with E-state index in [1.54, 1.807) is 6.21 Å². The zero-order valence-electron chi connectivity index (χ0n) is 12.3. The van der Waals surface area contributed by atoms with Gasteiger partial charge < -0.3 is 16.5 Å². The second kappa shape index (κ2) is 6.66. The molecule has 116 valence electrons. The van der Waals surface area contributed by atoms with E-state index < -0.39 is 0 Å². The zero-order chi connectivity index (χ0) is 16.2. The molecule has 5 nitrogen and oxygen atoms in total. The molecule has 2 aromatic carbocycles. The van der Waals surface area contributed by atoms with Gasteiger partial charge in [0.2, 0.25) is 5.96 Å². The maximum atomic E-state index is 5.28. The van der Waals surface area contributed by atoms with Gasteiger partial charge in [0.1, 0.15) is 0 Å². The molecule has 0 saturated carbocycles. The summed E-state index contributed by atoms with van der Waals surface area (Å²) in [5.74, 6) is -0.0479. The molecule has 1 aromatic heterocycles. The summed E-state index contributed by atoms with van der Waals surface area (Å²) < 4.78 is 1.05. The number of H-pyrrole nitrogens is 1. The topological polar surface area (TPSA) is 92.6 Å². The minimum atomic E-state index is -0.0479. The first-order valence-electron chi connectivity index (χ1n) is 7.11. The molecule has 0 aliphatic carbocycles. The van der Waals surface area contributed by atoms with Crippen molar-refractivity contribution in [3.05, 3.63) is 58.6 Å². The lowest BCUT2D eigenvalue weighted by Gasteiger charge is -2.03. The first kappa shape index (κ1) is 15.3. The Labute approximate surface area is 142 Å². The molecule has 0 aliphatic rings. The van der Waals surface area contributed by atoms with Crippen molar-refractivity contribution in [2.45, 2.75) is 6.42 Å². The number of nitrogens with one attached hydrogen (secondary N) is 1. The molecule has 0 radical (unpaired) electrons. The number of fused-ring (bicyclic) bond motifs is 1. The minimum Gasteiger partial charge on any atom is -0.369 e. The fraction of sp³-hybridized carbons (Fsp3) is 0.0588. The summed E-state index contributed by atoms with van der Waals surface area (Å²) in [5.41, 5.74) is 15.0. The van der Waals surface area contributed by atoms with E-state index in [9.17, 15) is 0 Å². The van der Waals surface area contributed by atoms with Crippen LogP contribution in [0, 0.1) is 0 Å². The van der Waals surface area contributed by atoms with E-state index in [4.69, 9.17) is 11.5 Å². The van der Waals surface area contributed by atoms with Crippen molar-refractivity contribution in [3.8, 4) is 11.3 Å². The molecule has 0 unspecified atom stereocenters. The number of guanidine groups is 1. The van der Waals surface area contributed by atoms with Crippen LogP contribution < -0.4 is 11.5 Å². The first-order chi connectivity index (χ1) is 11.1. The molecule has 1 heterocycles. The van der Waals surface area contributed by atoms with E-state index >= 15 is 0 Å². The molecule has 0 aliphatic heterocycles. The highest BCUT2D eigenvalue weighted by Crippen LogP contribution is 2.31. The van der Waals surface area contributed by atoms with Gasteiger partial charge in [0.05, 0.1) is 5.69 Å². The smallest absolute Gasteiger partial charge is 0.211 e. The molecule has 0 spiro atoms. The van der Waals surface area contributed by atoms with Gasteiger partial charge in [-0.2, -0.15) is 5.10 Å². The molecule has 0 amide bonds. The zero-order valence-corrected chi connectivity index (χ0v) is 13.9. The summed E-state index contributed by atoms with van der Waals surface area (Å²) >= 11 is 3.47. The summed E-state index contributed by atoms with van der Waals surface area (Å²) in [5, 5.41) is 8.70. The summed E-state index contributed by atoms with van der Waals surface area (Å²) in [4.78, 5) is 3.49. The van der Waals surface area contributed by atoms with E-state index in [0.717, 1.165) is 26.8 Å². The lowest BCUT2D eigenvalue weighted by Crippen LogP contribution is -2.21. The van der Waals surface area contributed by atoms with Gasteiger partial charge in [0, 0.05) is 28.0 Å². The Balaban J connectivity index is 2.06. The van der Waals surface area contributed by atoms with Crippen LogP contribution in [-0.2, 0) is 6.42 Å². The molecular weight excluding hydrogens is 354 g/mol. The van der Waals surface area contributed by atoms with Gasteiger partial charge in [0.15, 0.2) is 0 Å². The molecule has 5 N–H and O–H groups in total. The Morgan fingerprint density at radius 1 is 1.09 bits per heavy atom. The molecule has 0 atom stereocenters. The Bertz CT molecular complexity index is 874. The monoisotopic (exact) mass is 369 g/mol. The van der Waals surface area contributed by atoms with Crippen LogP contribution in [0.2, 0.25) is 0 Å². The van der Waals surface area contributed by atoms with Crippen LogP contribution in [0.25, 0.3) is 22.2 Å². The van der Waals surface area contributed by atoms with Crippen LogP contribution in [0.4, 0.5) is 0 Å². The third-order valence-electron chi connectivity index (χ3n) is 3.50. The predicted molar refractivity (Wildman–Crippen MR) is 99.4 cm³/mol. The lowest BCUT2D eigenvalue weighted by molar-refractivity contribution is 1.19. The Kier molecular flexibility index (Phi) is 4.43. The van der Waals surface area contributed by atoms with Gasteiger partial charge in [-0.15, -0.1) is 5.10 Å². The highest BCUT2D eigenvalue weighted by Gasteiger charge is 2.11. The third-order valence-corrected chi connectivity index (χ3v) is 4.03. The van der Waals surface area contributed by atoms with Crippen molar-refractivity contribution in [2.24, 2.45) is 21.7 Å². The maximum absolute atomic E-state index is 5.28. The van der Waals surface area contributed by atoms with Gasteiger partial charge in [-0.1, -0.05) is 46.3 Å². The number of nitrogens with zero attached hydrogens (tertiary/aromatic N) is 2. The third kappa shape index (κ3) is 3.43. The van der Waals surface area contributed by atoms with Crippen LogP contribution in [0.3, 0.4) is 0 Å². The highest BCUT2D eigenvalue weighted by atomic mass is 79.9. The van der Waals surface area contributed by atoms with E-state index in [0.29, 0.717) is 6.42 Å². The Morgan fingerprint density at radius 3 is 2.57 bits per heavy atom. The van der Waals surface area contributed by atoms with Gasteiger partial charge in [-0.3, -0.25) is 0 Å². The van der Waals surface area contributed by atoms with E-state index in [1.807, 2.05) is 24.3 Å². The van der Waals surface area contributed by atoms with Crippen LogP contribution in [0.5, 0.6) is 0 Å². The number of hydrogen-bond donors (Lipinski definition) is 3. The number of nitrogens with two attached hydrogens (primary N) is 2. The normalized spacial score (nSPS) is 11.2. The Hall–Kier alpha value is -2.60. The minimum absolute atomic E-state index is 0.0479. The second-order valence-electron chi connectivity index (χ2n) is 5.06. The fourth-order valence-corrected chi connectivity index (χ4v) is 2.78. The lowest BCUT2D eigenvalue weighted by atomic mass is 10.0. The SMILES string of the molecule is NC(N)=NN=CCc1c(-c2ccc(Br)cc2)[nH]c2ccccc12. The average Bonchev–Trinajstić information content (AvgIpc) is 2.91. The standard InChI is InChI=1S/C17H16BrN5/c18-12-7-5-11(6-8-12)16-14(9-10-21-23-17(19)20)13-3-1-2-4-15(13)22-16/h1-8,10,22H,9H2,(H4,19,20,23). The first-order valence-corrected chi connectivity index (χ1v) is 7.90. The predicted octanol–water partition coefficient (Wildman–Crippen LogP) is 3.40. The number of hydrogen-bond acceptors (Lipinski definition) is 2. The summed E-state index contributed by atoms with van der Waals surface area (Å²) in [6.45, 7) is 0. The number of para-hydroxylation sites is 1. The quantitative estimate of drug-likeness (QED) is 0.373. The number of halogens is 1. The molecule has 0 fully saturated rings. The molecule has 0 saturated heterocycles. The van der Waals surface area contributed by atoms with E-state index in [-0.39, 0.29) is 5.96 Å². The van der Waals surface area contributed by atoms with E-state index in [1.165, 1.54) is 5.39 Å². The van der Waals surface area contributed by atoms with Crippen LogP contribution >= 0.6 is 15.9 Å². The van der Waals surface area contributed by atoms with Crippen LogP contribution in [-0.4, -0.2) is 17.2 Å². The van der Waals surface area contributed by atoms with Crippen molar-refractivity contribution in [1.82, 2.24) is 4.98 Å². The molecular formula is C17H16BrN5. The Morgan fingerprint density at radius 2 is 1.83 bits per heavy atom. The average molecular weight is 370 g/mol. The maximum Gasteiger partial charge on any atom is 0.211 e. The summed E-state index contributed by atoms with van der Waals surface area (Å²) in [6.07, 6.45) is 2.34. The number of aromatic nitrogens is 1. The van der Waals surface area contributed by atoms with E-state index in [2.05, 4.69) is 55.4 Å². The van der Waals surface area contributed by atoms with Crippen molar-refractivity contribution < 1.29 is 0 Å².